The summed E-state index contributed by atoms with van der Waals surface area (Å²) < 4.78 is 4.86. The van der Waals surface area contributed by atoms with Gasteiger partial charge < -0.3 is 19.9 Å². The minimum absolute atomic E-state index is 0.189. The first-order valence-electron chi connectivity index (χ1n) is 10.6. The largest absolute Gasteiger partial charge is 0.465 e. The second kappa shape index (κ2) is 9.76. The second-order valence-corrected chi connectivity index (χ2v) is 8.04. The van der Waals surface area contributed by atoms with Crippen LogP contribution in [0.1, 0.15) is 53.0 Å². The maximum absolute atomic E-state index is 12.9. The molecule has 0 aromatic heterocycles. The van der Waals surface area contributed by atoms with Crippen LogP contribution in [-0.4, -0.2) is 51.7 Å². The van der Waals surface area contributed by atoms with E-state index < -0.39 is 5.97 Å². The van der Waals surface area contributed by atoms with Gasteiger partial charge in [-0.3, -0.25) is 4.79 Å². The van der Waals surface area contributed by atoms with Crippen molar-refractivity contribution in [3.05, 3.63) is 59.2 Å². The number of hydrogen-bond acceptors (Lipinski definition) is 4. The summed E-state index contributed by atoms with van der Waals surface area (Å²) in [4.78, 5) is 28.8. The Bertz CT molecular complexity index is 885. The van der Waals surface area contributed by atoms with Gasteiger partial charge in [0.2, 0.25) is 0 Å². The van der Waals surface area contributed by atoms with Crippen molar-refractivity contribution in [2.24, 2.45) is 0 Å². The van der Waals surface area contributed by atoms with E-state index in [1.165, 1.54) is 12.7 Å². The summed E-state index contributed by atoms with van der Waals surface area (Å²) in [5.74, 6) is -0.195. The van der Waals surface area contributed by atoms with E-state index in [1.807, 2.05) is 30.3 Å². The zero-order valence-corrected chi connectivity index (χ0v) is 18.3. The zero-order valence-electron chi connectivity index (χ0n) is 18.3. The average Bonchev–Trinajstić information content (AvgIpc) is 2.78. The van der Waals surface area contributed by atoms with E-state index >= 15 is 0 Å². The highest BCUT2D eigenvalue weighted by Crippen LogP contribution is 2.28. The van der Waals surface area contributed by atoms with Crippen molar-refractivity contribution in [1.29, 1.82) is 0 Å². The molecule has 0 atom stereocenters. The van der Waals surface area contributed by atoms with Gasteiger partial charge in [-0.25, -0.2) is 4.79 Å². The molecule has 3 rings (SSSR count). The first kappa shape index (κ1) is 21.8. The number of nitrogens with one attached hydrogen (secondary N) is 2. The maximum Gasteiger partial charge on any atom is 0.337 e. The lowest BCUT2D eigenvalue weighted by Crippen LogP contribution is -3.14. The minimum atomic E-state index is -0.418. The summed E-state index contributed by atoms with van der Waals surface area (Å²) in [5.41, 5.74) is 3.77. The average molecular weight is 411 g/mol. The number of benzene rings is 2. The summed E-state index contributed by atoms with van der Waals surface area (Å²) >= 11 is 0. The normalized spacial score (nSPS) is 14.6. The lowest BCUT2D eigenvalue weighted by molar-refractivity contribution is -0.898. The van der Waals surface area contributed by atoms with Crippen LogP contribution in [0.2, 0.25) is 0 Å². The van der Waals surface area contributed by atoms with Crippen LogP contribution in [0.4, 0.5) is 11.4 Å². The Balaban J connectivity index is 1.86. The molecule has 0 bridgehead atoms. The number of methoxy groups -OCH3 is 1. The molecule has 2 aromatic carbocycles. The second-order valence-electron chi connectivity index (χ2n) is 8.04. The third kappa shape index (κ3) is 5.00. The smallest absolute Gasteiger partial charge is 0.337 e. The van der Waals surface area contributed by atoms with Crippen molar-refractivity contribution < 1.29 is 19.2 Å². The predicted octanol–water partition coefficient (Wildman–Crippen LogP) is 2.57. The summed E-state index contributed by atoms with van der Waals surface area (Å²) in [5, 5.41) is 3.02. The van der Waals surface area contributed by atoms with Crippen molar-refractivity contribution >= 4 is 23.3 Å². The molecule has 1 saturated heterocycles. The number of carbonyl (C=O) groups is 2. The van der Waals surface area contributed by atoms with Crippen LogP contribution in [0.5, 0.6) is 0 Å². The SMILES string of the molecule is CC[NH+]1CCN(c2ccc(C(=O)OC)cc2NC(=O)c2ccc(C(C)C)cc2)CC1. The van der Waals surface area contributed by atoms with Crippen molar-refractivity contribution in [2.75, 3.05) is 50.1 Å². The van der Waals surface area contributed by atoms with E-state index in [0.717, 1.165) is 38.4 Å². The van der Waals surface area contributed by atoms with Gasteiger partial charge in [-0.15, -0.1) is 0 Å². The molecule has 0 unspecified atom stereocenters. The van der Waals surface area contributed by atoms with Gasteiger partial charge in [-0.1, -0.05) is 26.0 Å². The van der Waals surface area contributed by atoms with Gasteiger partial charge in [0.1, 0.15) is 0 Å². The van der Waals surface area contributed by atoms with E-state index in [-0.39, 0.29) is 5.91 Å². The lowest BCUT2D eigenvalue weighted by Gasteiger charge is -2.34. The molecular weight excluding hydrogens is 378 g/mol. The number of likely N-dealkylation sites (N-methyl/N-ethyl adjacent to an activating group) is 1. The molecule has 2 aromatic rings. The Hall–Kier alpha value is -2.86. The lowest BCUT2D eigenvalue weighted by atomic mass is 10.0. The minimum Gasteiger partial charge on any atom is -0.465 e. The molecule has 30 heavy (non-hydrogen) atoms. The molecule has 0 aliphatic carbocycles. The van der Waals surface area contributed by atoms with E-state index in [0.29, 0.717) is 22.7 Å². The van der Waals surface area contributed by atoms with Crippen LogP contribution in [0, 0.1) is 0 Å². The molecule has 1 amide bonds. The molecule has 2 N–H and O–H groups in total. The van der Waals surface area contributed by atoms with E-state index in [4.69, 9.17) is 4.74 Å². The topological polar surface area (TPSA) is 63.1 Å². The highest BCUT2D eigenvalue weighted by molar-refractivity contribution is 6.06. The quantitative estimate of drug-likeness (QED) is 0.719. The van der Waals surface area contributed by atoms with Crippen molar-refractivity contribution in [3.63, 3.8) is 0 Å². The predicted molar refractivity (Wildman–Crippen MR) is 120 cm³/mol. The summed E-state index contributed by atoms with van der Waals surface area (Å²) in [6.45, 7) is 11.5. The summed E-state index contributed by atoms with van der Waals surface area (Å²) in [6.07, 6.45) is 0. The number of carbonyl (C=O) groups excluding carboxylic acids is 2. The van der Waals surface area contributed by atoms with Crippen LogP contribution in [0.15, 0.2) is 42.5 Å². The first-order chi connectivity index (χ1) is 14.4. The molecule has 0 saturated carbocycles. The van der Waals surface area contributed by atoms with Gasteiger partial charge in [0, 0.05) is 5.56 Å². The van der Waals surface area contributed by atoms with Gasteiger partial charge in [-0.05, 0) is 48.7 Å². The summed E-state index contributed by atoms with van der Waals surface area (Å²) in [7, 11) is 1.36. The fourth-order valence-corrected chi connectivity index (χ4v) is 3.79. The number of piperazine rings is 1. The number of ether oxygens (including phenoxy) is 1. The molecule has 1 heterocycles. The van der Waals surface area contributed by atoms with Crippen molar-refractivity contribution in [2.45, 2.75) is 26.7 Å². The Morgan fingerprint density at radius 1 is 1.07 bits per heavy atom. The molecule has 160 valence electrons. The third-order valence-electron chi connectivity index (χ3n) is 5.82. The number of nitrogens with zero attached hydrogens (tertiary/aromatic N) is 1. The molecule has 6 heteroatoms. The maximum atomic E-state index is 12.9. The van der Waals surface area contributed by atoms with Crippen LogP contribution in [0.3, 0.4) is 0 Å². The molecule has 1 fully saturated rings. The highest BCUT2D eigenvalue weighted by Gasteiger charge is 2.22. The molecule has 1 aliphatic rings. The molecule has 0 radical (unpaired) electrons. The zero-order chi connectivity index (χ0) is 21.7. The Morgan fingerprint density at radius 3 is 2.27 bits per heavy atom. The van der Waals surface area contributed by atoms with Gasteiger partial charge in [-0.2, -0.15) is 0 Å². The number of amides is 1. The van der Waals surface area contributed by atoms with Gasteiger partial charge in [0.25, 0.3) is 5.91 Å². The van der Waals surface area contributed by atoms with Crippen molar-refractivity contribution in [1.82, 2.24) is 0 Å². The van der Waals surface area contributed by atoms with Gasteiger partial charge >= 0.3 is 5.97 Å². The Kier molecular flexibility index (Phi) is 7.11. The van der Waals surface area contributed by atoms with Gasteiger partial charge in [0.15, 0.2) is 0 Å². The van der Waals surface area contributed by atoms with E-state index in [1.54, 1.807) is 17.0 Å². The standard InChI is InChI=1S/C24H31N3O3/c1-5-26-12-14-27(15-13-26)22-11-10-20(24(29)30-4)16-21(22)25-23(28)19-8-6-18(7-9-19)17(2)3/h6-11,16-17H,5,12-15H2,1-4H3,(H,25,28)/p+1. The van der Waals surface area contributed by atoms with Crippen LogP contribution >= 0.6 is 0 Å². The van der Waals surface area contributed by atoms with Crippen LogP contribution in [-0.2, 0) is 4.74 Å². The van der Waals surface area contributed by atoms with Crippen LogP contribution in [0.25, 0.3) is 0 Å². The number of esters is 1. The third-order valence-corrected chi connectivity index (χ3v) is 5.82. The summed E-state index contributed by atoms with van der Waals surface area (Å²) in [6, 6.07) is 13.0. The highest BCUT2D eigenvalue weighted by atomic mass is 16.5. The molecule has 1 aliphatic heterocycles. The fraction of sp³-hybridized carbons (Fsp3) is 0.417. The molecule has 6 nitrogen and oxygen atoms in total. The van der Waals surface area contributed by atoms with E-state index in [2.05, 4.69) is 31.0 Å². The fourth-order valence-electron chi connectivity index (χ4n) is 3.79. The Morgan fingerprint density at radius 2 is 1.70 bits per heavy atom. The van der Waals surface area contributed by atoms with E-state index in [9.17, 15) is 9.59 Å². The van der Waals surface area contributed by atoms with Crippen LogP contribution < -0.4 is 15.1 Å². The first-order valence-corrected chi connectivity index (χ1v) is 10.6. The number of hydrogen-bond donors (Lipinski definition) is 2. The molecule has 0 spiro atoms. The molecular formula is C24H32N3O3+. The number of anilines is 2. The number of rotatable bonds is 6. The Labute approximate surface area is 178 Å². The number of quaternary nitrogens is 1. The van der Waals surface area contributed by atoms with Gasteiger partial charge in [0.05, 0.1) is 56.8 Å². The van der Waals surface area contributed by atoms with Crippen molar-refractivity contribution in [3.8, 4) is 0 Å². The monoisotopic (exact) mass is 410 g/mol.